The SMILES string of the molecule is CC[C@H](C)NC(=O)[C@H](Cc1ccccc1)N(Cc1ccc(Cl)cc1)C(=O)CN(c1cc(C)ccc1OC)S(=O)(=O)c1ccc(C)cc1. The highest BCUT2D eigenvalue weighted by atomic mass is 35.5. The van der Waals surface area contributed by atoms with Crippen molar-refractivity contribution in [3.63, 3.8) is 0 Å². The molecular formula is C37H42ClN3O5S. The molecule has 2 atom stereocenters. The van der Waals surface area contributed by atoms with Crippen LogP contribution in [0.1, 0.15) is 42.5 Å². The summed E-state index contributed by atoms with van der Waals surface area (Å²) in [5.41, 5.74) is 3.49. The molecule has 0 radical (unpaired) electrons. The Morgan fingerprint density at radius 1 is 0.872 bits per heavy atom. The number of nitrogens with one attached hydrogen (secondary N) is 1. The van der Waals surface area contributed by atoms with E-state index in [0.717, 1.165) is 26.6 Å². The Kier molecular flexibility index (Phi) is 12.1. The number of aryl methyl sites for hydroxylation is 2. The zero-order valence-corrected chi connectivity index (χ0v) is 29.0. The first-order valence-corrected chi connectivity index (χ1v) is 17.4. The first kappa shape index (κ1) is 35.5. The van der Waals surface area contributed by atoms with E-state index in [4.69, 9.17) is 16.3 Å². The third kappa shape index (κ3) is 9.14. The van der Waals surface area contributed by atoms with E-state index in [-0.39, 0.29) is 35.5 Å². The van der Waals surface area contributed by atoms with Gasteiger partial charge in [-0.3, -0.25) is 13.9 Å². The normalized spacial score (nSPS) is 12.6. The van der Waals surface area contributed by atoms with Crippen molar-refractivity contribution >= 4 is 39.1 Å². The monoisotopic (exact) mass is 675 g/mol. The Labute approximate surface area is 283 Å². The summed E-state index contributed by atoms with van der Waals surface area (Å²) in [7, 11) is -2.81. The summed E-state index contributed by atoms with van der Waals surface area (Å²) >= 11 is 6.17. The largest absolute Gasteiger partial charge is 0.495 e. The minimum Gasteiger partial charge on any atom is -0.495 e. The number of anilines is 1. The molecule has 47 heavy (non-hydrogen) atoms. The number of hydrogen-bond acceptors (Lipinski definition) is 5. The molecule has 0 unspecified atom stereocenters. The van der Waals surface area contributed by atoms with Crippen LogP contribution in [-0.4, -0.2) is 50.9 Å². The van der Waals surface area contributed by atoms with Crippen LogP contribution >= 0.6 is 11.6 Å². The quantitative estimate of drug-likeness (QED) is 0.160. The fourth-order valence-corrected chi connectivity index (χ4v) is 6.67. The Bertz CT molecular complexity index is 1760. The number of methoxy groups -OCH3 is 1. The molecule has 4 rings (SSSR count). The van der Waals surface area contributed by atoms with Crippen LogP contribution in [0.4, 0.5) is 5.69 Å². The van der Waals surface area contributed by atoms with Gasteiger partial charge in [0, 0.05) is 24.0 Å². The van der Waals surface area contributed by atoms with Crippen molar-refractivity contribution in [3.8, 4) is 5.75 Å². The highest BCUT2D eigenvalue weighted by Crippen LogP contribution is 2.34. The summed E-state index contributed by atoms with van der Waals surface area (Å²) < 4.78 is 35.4. The van der Waals surface area contributed by atoms with Gasteiger partial charge in [0.2, 0.25) is 11.8 Å². The van der Waals surface area contributed by atoms with Crippen LogP contribution in [0, 0.1) is 13.8 Å². The van der Waals surface area contributed by atoms with Gasteiger partial charge in [0.05, 0.1) is 17.7 Å². The van der Waals surface area contributed by atoms with E-state index in [0.29, 0.717) is 17.2 Å². The second kappa shape index (κ2) is 16.0. The molecule has 0 fully saturated rings. The fraction of sp³-hybridized carbons (Fsp3) is 0.297. The molecule has 2 amide bonds. The number of ether oxygens (including phenoxy) is 1. The van der Waals surface area contributed by atoms with Crippen molar-refractivity contribution < 1.29 is 22.7 Å². The van der Waals surface area contributed by atoms with Gasteiger partial charge in [-0.25, -0.2) is 8.42 Å². The topological polar surface area (TPSA) is 96.0 Å². The van der Waals surface area contributed by atoms with Crippen LogP contribution in [0.3, 0.4) is 0 Å². The minimum absolute atomic E-state index is 0.0269. The van der Waals surface area contributed by atoms with Gasteiger partial charge in [0.25, 0.3) is 10.0 Å². The number of benzene rings is 4. The van der Waals surface area contributed by atoms with Gasteiger partial charge in [-0.2, -0.15) is 0 Å². The van der Waals surface area contributed by atoms with Crippen molar-refractivity contribution in [1.29, 1.82) is 0 Å². The molecule has 248 valence electrons. The van der Waals surface area contributed by atoms with Gasteiger partial charge < -0.3 is 15.0 Å². The molecule has 0 aliphatic rings. The number of carbonyl (C=O) groups is 2. The lowest BCUT2D eigenvalue weighted by Crippen LogP contribution is -2.54. The van der Waals surface area contributed by atoms with E-state index in [1.54, 1.807) is 48.5 Å². The maximum absolute atomic E-state index is 14.7. The fourth-order valence-electron chi connectivity index (χ4n) is 5.13. The van der Waals surface area contributed by atoms with Gasteiger partial charge in [0.1, 0.15) is 18.3 Å². The summed E-state index contributed by atoms with van der Waals surface area (Å²) in [6.45, 7) is 7.05. The van der Waals surface area contributed by atoms with Crippen LogP contribution in [0.2, 0.25) is 5.02 Å². The number of carbonyl (C=O) groups excluding carboxylic acids is 2. The summed E-state index contributed by atoms with van der Waals surface area (Å²) in [6.07, 6.45) is 0.922. The molecule has 4 aromatic rings. The maximum atomic E-state index is 14.7. The summed E-state index contributed by atoms with van der Waals surface area (Å²) in [4.78, 5) is 30.2. The number of halogens is 1. The number of hydrogen-bond donors (Lipinski definition) is 1. The molecule has 0 aliphatic carbocycles. The van der Waals surface area contributed by atoms with E-state index in [2.05, 4.69) is 5.32 Å². The molecule has 0 saturated carbocycles. The first-order valence-electron chi connectivity index (χ1n) is 15.5. The summed E-state index contributed by atoms with van der Waals surface area (Å²) in [5, 5.41) is 3.58. The Morgan fingerprint density at radius 2 is 1.51 bits per heavy atom. The van der Waals surface area contributed by atoms with E-state index >= 15 is 0 Å². The molecule has 0 spiro atoms. The predicted molar refractivity (Wildman–Crippen MR) is 187 cm³/mol. The molecule has 0 aromatic heterocycles. The lowest BCUT2D eigenvalue weighted by Gasteiger charge is -2.34. The van der Waals surface area contributed by atoms with Gasteiger partial charge in [-0.05, 0) is 80.3 Å². The second-order valence-electron chi connectivity index (χ2n) is 11.7. The predicted octanol–water partition coefficient (Wildman–Crippen LogP) is 6.72. The van der Waals surface area contributed by atoms with Crippen LogP contribution in [0.5, 0.6) is 5.75 Å². The Balaban J connectivity index is 1.85. The van der Waals surface area contributed by atoms with Crippen molar-refractivity contribution in [2.75, 3.05) is 18.0 Å². The number of rotatable bonds is 14. The molecule has 1 N–H and O–H groups in total. The lowest BCUT2D eigenvalue weighted by atomic mass is 10.0. The minimum atomic E-state index is -4.27. The molecule has 8 nitrogen and oxygen atoms in total. The molecule has 0 heterocycles. The Morgan fingerprint density at radius 3 is 2.13 bits per heavy atom. The van der Waals surface area contributed by atoms with Crippen molar-refractivity contribution in [2.24, 2.45) is 0 Å². The molecule has 0 aliphatic heterocycles. The molecule has 0 bridgehead atoms. The highest BCUT2D eigenvalue weighted by Gasteiger charge is 2.36. The highest BCUT2D eigenvalue weighted by molar-refractivity contribution is 7.92. The molecular weight excluding hydrogens is 634 g/mol. The van der Waals surface area contributed by atoms with Crippen LogP contribution in [-0.2, 0) is 32.6 Å². The average Bonchev–Trinajstić information content (AvgIpc) is 3.06. The van der Waals surface area contributed by atoms with Gasteiger partial charge >= 0.3 is 0 Å². The van der Waals surface area contributed by atoms with E-state index < -0.39 is 28.5 Å². The van der Waals surface area contributed by atoms with E-state index in [1.807, 2.05) is 64.1 Å². The standard InChI is InChI=1S/C37H42ClN3O5S/c1-6-28(4)39-37(43)34(23-29-10-8-7-9-11-29)40(24-30-15-17-31(38)18-16-30)36(42)25-41(33-22-27(3)14-21-35(33)46-5)47(44,45)32-19-12-26(2)13-20-32/h7-22,28,34H,6,23-25H2,1-5H3,(H,39,43)/t28-,34-/m0/s1. The van der Waals surface area contributed by atoms with Gasteiger partial charge in [-0.1, -0.05) is 84.8 Å². The third-order valence-electron chi connectivity index (χ3n) is 8.03. The first-order chi connectivity index (χ1) is 22.4. The number of amides is 2. The number of nitrogens with zero attached hydrogens (tertiary/aromatic N) is 2. The van der Waals surface area contributed by atoms with Crippen molar-refractivity contribution in [3.05, 3.63) is 124 Å². The molecule has 0 saturated heterocycles. The number of sulfonamides is 1. The van der Waals surface area contributed by atoms with Crippen LogP contribution in [0.25, 0.3) is 0 Å². The summed E-state index contributed by atoms with van der Waals surface area (Å²) in [6, 6.07) is 27.0. The molecule has 4 aromatic carbocycles. The lowest BCUT2D eigenvalue weighted by molar-refractivity contribution is -0.140. The maximum Gasteiger partial charge on any atom is 0.264 e. The average molecular weight is 676 g/mol. The zero-order chi connectivity index (χ0) is 34.1. The van der Waals surface area contributed by atoms with Crippen LogP contribution in [0.15, 0.2) is 102 Å². The van der Waals surface area contributed by atoms with Gasteiger partial charge in [-0.15, -0.1) is 0 Å². The van der Waals surface area contributed by atoms with E-state index in [1.165, 1.54) is 24.1 Å². The second-order valence-corrected chi connectivity index (χ2v) is 14.0. The Hall–Kier alpha value is -4.34. The zero-order valence-electron chi connectivity index (χ0n) is 27.4. The summed E-state index contributed by atoms with van der Waals surface area (Å²) in [5.74, 6) is -0.593. The van der Waals surface area contributed by atoms with E-state index in [9.17, 15) is 18.0 Å². The van der Waals surface area contributed by atoms with Crippen molar-refractivity contribution in [2.45, 2.75) is 64.1 Å². The van der Waals surface area contributed by atoms with Crippen molar-refractivity contribution in [1.82, 2.24) is 10.2 Å². The smallest absolute Gasteiger partial charge is 0.264 e. The van der Waals surface area contributed by atoms with Crippen LogP contribution < -0.4 is 14.4 Å². The van der Waals surface area contributed by atoms with Gasteiger partial charge in [0.15, 0.2) is 0 Å². The third-order valence-corrected chi connectivity index (χ3v) is 10.1. The molecule has 10 heteroatoms.